The Hall–Kier alpha value is -5.12. The second-order valence-corrected chi connectivity index (χ2v) is 18.2. The molecule has 0 radical (unpaired) electrons. The van der Waals surface area contributed by atoms with Crippen molar-refractivity contribution < 1.29 is 46.2 Å². The first-order valence-corrected chi connectivity index (χ1v) is 19.7. The summed E-state index contributed by atoms with van der Waals surface area (Å²) < 4.78 is 50.7. The number of rotatable bonds is 13. The number of nitrogens with zero attached hydrogens (tertiary/aromatic N) is 2. The van der Waals surface area contributed by atoms with E-state index in [0.717, 1.165) is 0 Å². The van der Waals surface area contributed by atoms with Gasteiger partial charge in [0.1, 0.15) is 35.0 Å². The fraction of sp³-hybridized carbons (Fsp3) is 0.513. The van der Waals surface area contributed by atoms with Crippen LogP contribution in [0.15, 0.2) is 59.9 Å². The average molecular weight is 782 g/mol. The molecule has 2 aliphatic rings. The zero-order valence-electron chi connectivity index (χ0n) is 32.6. The number of alkyl carbamates (subject to hydrolysis) is 1. The van der Waals surface area contributed by atoms with Gasteiger partial charge in [-0.05, 0) is 64.5 Å². The number of aromatic nitrogens is 1. The van der Waals surface area contributed by atoms with Gasteiger partial charge in [-0.2, -0.15) is 0 Å². The molecule has 0 unspecified atom stereocenters. The molecule has 2 fully saturated rings. The third kappa shape index (κ3) is 9.40. The molecule has 298 valence electrons. The van der Waals surface area contributed by atoms with Crippen LogP contribution >= 0.6 is 0 Å². The maximum Gasteiger partial charge on any atom is 0.408 e. The summed E-state index contributed by atoms with van der Waals surface area (Å²) in [6, 6.07) is 6.69. The van der Waals surface area contributed by atoms with Crippen LogP contribution in [0.5, 0.6) is 11.6 Å². The van der Waals surface area contributed by atoms with E-state index >= 15 is 0 Å². The van der Waals surface area contributed by atoms with E-state index in [1.165, 1.54) is 37.5 Å². The summed E-state index contributed by atoms with van der Waals surface area (Å²) in [5.74, 6) is -1.56. The number of methoxy groups -OCH3 is 1. The van der Waals surface area contributed by atoms with Crippen LogP contribution in [0.2, 0.25) is 0 Å². The number of ether oxygens (including phenoxy) is 3. The van der Waals surface area contributed by atoms with E-state index in [9.17, 15) is 27.6 Å². The topological polar surface area (TPSA) is 195 Å². The minimum atomic E-state index is -3.95. The molecule has 3 aromatic rings. The molecule has 15 nitrogen and oxygen atoms in total. The average Bonchev–Trinajstić information content (AvgIpc) is 3.66. The van der Waals surface area contributed by atoms with Crippen LogP contribution in [0.25, 0.3) is 22.0 Å². The highest BCUT2D eigenvalue weighted by Gasteiger charge is 2.49. The van der Waals surface area contributed by atoms with Gasteiger partial charge in [-0.25, -0.2) is 18.2 Å². The van der Waals surface area contributed by atoms with Gasteiger partial charge >= 0.3 is 6.09 Å². The summed E-state index contributed by atoms with van der Waals surface area (Å²) in [7, 11) is -2.41. The van der Waals surface area contributed by atoms with E-state index < -0.39 is 73.8 Å². The predicted molar refractivity (Wildman–Crippen MR) is 205 cm³/mol. The highest BCUT2D eigenvalue weighted by molar-refractivity contribution is 7.91. The lowest BCUT2D eigenvalue weighted by molar-refractivity contribution is -0.143. The van der Waals surface area contributed by atoms with E-state index in [-0.39, 0.29) is 25.3 Å². The first-order chi connectivity index (χ1) is 25.7. The molecule has 3 heterocycles. The smallest absolute Gasteiger partial charge is 0.408 e. The van der Waals surface area contributed by atoms with Crippen molar-refractivity contribution in [2.75, 3.05) is 13.7 Å². The van der Waals surface area contributed by atoms with Gasteiger partial charge in [0.25, 0.3) is 5.91 Å². The van der Waals surface area contributed by atoms with Crippen LogP contribution in [-0.2, 0) is 29.1 Å². The van der Waals surface area contributed by atoms with Crippen LogP contribution in [0.3, 0.4) is 0 Å². The Morgan fingerprint density at radius 2 is 1.73 bits per heavy atom. The molecule has 5 rings (SSSR count). The predicted octanol–water partition coefficient (Wildman–Crippen LogP) is 4.85. The summed E-state index contributed by atoms with van der Waals surface area (Å²) in [5.41, 5.74) is -2.36. The van der Waals surface area contributed by atoms with Crippen LogP contribution in [-0.4, -0.2) is 90.3 Å². The Morgan fingerprint density at radius 1 is 1.05 bits per heavy atom. The van der Waals surface area contributed by atoms with Crippen LogP contribution in [0.4, 0.5) is 4.79 Å². The summed E-state index contributed by atoms with van der Waals surface area (Å²) in [4.78, 5) is 61.6. The normalized spacial score (nSPS) is 19.2. The lowest BCUT2D eigenvalue weighted by atomic mass is 9.85. The van der Waals surface area contributed by atoms with Gasteiger partial charge in [0.05, 0.1) is 31.4 Å². The number of amides is 4. The van der Waals surface area contributed by atoms with E-state index in [2.05, 4.69) is 21.9 Å². The first kappa shape index (κ1) is 41.1. The number of carbonyl (C=O) groups excluding carboxylic acids is 4. The molecule has 0 spiro atoms. The number of pyridine rings is 1. The van der Waals surface area contributed by atoms with Gasteiger partial charge in [0.2, 0.25) is 27.7 Å². The van der Waals surface area contributed by atoms with E-state index in [1.807, 2.05) is 24.3 Å². The highest BCUT2D eigenvalue weighted by atomic mass is 32.2. The lowest BCUT2D eigenvalue weighted by Crippen LogP contribution is -2.62. The van der Waals surface area contributed by atoms with Crippen molar-refractivity contribution in [2.45, 2.75) is 109 Å². The second-order valence-electron chi connectivity index (χ2n) is 16.3. The standard InChI is InChI=1S/C39H51N5O10S/c1-10-18-39(8,35(47)43-55(49,50)25-15-16-25)42-32(45)28-20-24(21-44(28)34(46)31(37(2,3)4)41-36(48)54-38(5,6)7)53-33-27-14-12-11-13-26(27)30(51-9)29(40-33)23-17-19-52-22-23/h10-14,17,19,22,24-25,28,31H,1,15-16,18,20-21H2,2-9H3,(H,41,48)(H,42,45)(H,43,47)/t24-,28+,31-,39-/m1/s1. The Balaban J connectivity index is 1.52. The van der Waals surface area contributed by atoms with E-state index in [1.54, 1.807) is 47.6 Å². The van der Waals surface area contributed by atoms with Gasteiger partial charge < -0.3 is 34.2 Å². The number of hydrogen-bond donors (Lipinski definition) is 3. The Morgan fingerprint density at radius 3 is 2.29 bits per heavy atom. The maximum atomic E-state index is 14.6. The zero-order chi connectivity index (χ0) is 40.5. The van der Waals surface area contributed by atoms with Crippen molar-refractivity contribution in [3.63, 3.8) is 0 Å². The molecular weight excluding hydrogens is 731 g/mol. The molecule has 2 aromatic heterocycles. The Labute approximate surface area is 321 Å². The summed E-state index contributed by atoms with van der Waals surface area (Å²) in [6.07, 6.45) is 3.50. The third-order valence-corrected chi connectivity index (χ3v) is 11.2. The monoisotopic (exact) mass is 781 g/mol. The van der Waals surface area contributed by atoms with Gasteiger partial charge in [-0.15, -0.1) is 6.58 Å². The van der Waals surface area contributed by atoms with Crippen molar-refractivity contribution >= 4 is 44.6 Å². The minimum absolute atomic E-state index is 0.0455. The minimum Gasteiger partial charge on any atom is -0.494 e. The van der Waals surface area contributed by atoms with Crippen molar-refractivity contribution in [3.8, 4) is 22.9 Å². The van der Waals surface area contributed by atoms with Crippen molar-refractivity contribution in [3.05, 3.63) is 55.5 Å². The van der Waals surface area contributed by atoms with Crippen LogP contribution in [0.1, 0.15) is 74.1 Å². The molecule has 3 N–H and O–H groups in total. The Bertz CT molecular complexity index is 2050. The number of sulfonamides is 1. The highest BCUT2D eigenvalue weighted by Crippen LogP contribution is 2.40. The van der Waals surface area contributed by atoms with E-state index in [4.69, 9.17) is 23.6 Å². The van der Waals surface area contributed by atoms with Crippen molar-refractivity contribution in [1.82, 2.24) is 25.2 Å². The number of hydrogen-bond acceptors (Lipinski definition) is 11. The summed E-state index contributed by atoms with van der Waals surface area (Å²) in [6.45, 7) is 15.4. The summed E-state index contributed by atoms with van der Waals surface area (Å²) in [5, 5.41) is 6.06. The van der Waals surface area contributed by atoms with Gasteiger partial charge in [-0.1, -0.05) is 45.0 Å². The molecule has 0 bridgehead atoms. The quantitative estimate of drug-likeness (QED) is 0.201. The van der Waals surface area contributed by atoms with Gasteiger partial charge in [-0.3, -0.25) is 19.1 Å². The van der Waals surface area contributed by atoms with Crippen molar-refractivity contribution in [2.24, 2.45) is 5.41 Å². The van der Waals surface area contributed by atoms with E-state index in [0.29, 0.717) is 40.6 Å². The fourth-order valence-electron chi connectivity index (χ4n) is 6.42. The van der Waals surface area contributed by atoms with Crippen molar-refractivity contribution in [1.29, 1.82) is 0 Å². The largest absolute Gasteiger partial charge is 0.494 e. The SMILES string of the molecule is C=CC[C@@](C)(NC(=O)[C@@H]1C[C@@H](Oc2nc(-c3ccoc3)c(OC)c3ccccc23)CN1C(=O)[C@@H](NC(=O)OC(C)(C)C)C(C)(C)C)C(=O)NS(=O)(=O)C1CC1. The molecule has 1 aromatic carbocycles. The molecule has 4 amide bonds. The lowest BCUT2D eigenvalue weighted by Gasteiger charge is -2.36. The molecule has 1 aliphatic carbocycles. The van der Waals surface area contributed by atoms with Crippen LogP contribution < -0.4 is 24.8 Å². The molecule has 4 atom stereocenters. The maximum absolute atomic E-state index is 14.6. The third-order valence-electron chi connectivity index (χ3n) is 9.38. The number of fused-ring (bicyclic) bond motifs is 1. The molecular formula is C39H51N5O10S. The number of likely N-dealkylation sites (tertiary alicyclic amines) is 1. The number of furan rings is 1. The summed E-state index contributed by atoms with van der Waals surface area (Å²) >= 11 is 0. The number of nitrogens with one attached hydrogen (secondary N) is 3. The first-order valence-electron chi connectivity index (χ1n) is 18.1. The molecule has 1 aliphatic heterocycles. The molecule has 16 heteroatoms. The number of carbonyl (C=O) groups is 4. The fourth-order valence-corrected chi connectivity index (χ4v) is 7.83. The molecule has 55 heavy (non-hydrogen) atoms. The van der Waals surface area contributed by atoms with Gasteiger partial charge in [0.15, 0.2) is 5.75 Å². The second kappa shape index (κ2) is 15.6. The zero-order valence-corrected chi connectivity index (χ0v) is 33.4. The van der Waals surface area contributed by atoms with Crippen LogP contribution in [0, 0.1) is 5.41 Å². The van der Waals surface area contributed by atoms with Gasteiger partial charge in [0, 0.05) is 22.8 Å². The Kier molecular flexibility index (Phi) is 11.6. The number of benzene rings is 1. The molecule has 1 saturated carbocycles. The molecule has 1 saturated heterocycles.